The molecule has 0 amide bonds. The Morgan fingerprint density at radius 3 is 2.49 bits per heavy atom. The topological polar surface area (TPSA) is 99.4 Å². The van der Waals surface area contributed by atoms with Crippen LogP contribution < -0.4 is 0 Å². The molecule has 3 N–H and O–H groups in total. The van der Waals surface area contributed by atoms with Crippen molar-refractivity contribution in [3.8, 4) is 0 Å². The van der Waals surface area contributed by atoms with Gasteiger partial charge >= 0.3 is 5.97 Å². The molecule has 0 aromatic rings. The molecule has 5 aliphatic carbocycles. The van der Waals surface area contributed by atoms with Gasteiger partial charge in [-0.25, -0.2) is 4.79 Å². The number of esters is 1. The minimum absolute atomic E-state index is 0.0956. The van der Waals surface area contributed by atoms with Crippen LogP contribution in [0.25, 0.3) is 0 Å². The molecule has 6 nitrogen and oxygen atoms in total. The van der Waals surface area contributed by atoms with E-state index in [2.05, 4.69) is 13.1 Å². The summed E-state index contributed by atoms with van der Waals surface area (Å²) in [4.78, 5) is 17.0. The third kappa shape index (κ3) is 3.45. The second kappa shape index (κ2) is 8.39. The van der Waals surface area contributed by atoms with Crippen molar-refractivity contribution in [2.45, 2.75) is 120 Å². The van der Waals surface area contributed by atoms with Crippen molar-refractivity contribution in [2.24, 2.45) is 33.6 Å². The van der Waals surface area contributed by atoms with Crippen molar-refractivity contribution in [3.05, 3.63) is 11.6 Å². The minimum Gasteiger partial charge on any atom is -0.458 e. The third-order valence-electron chi connectivity index (χ3n) is 11.7. The Morgan fingerprint density at radius 2 is 1.74 bits per heavy atom. The monoisotopic (exact) mass is 485 g/mol. The van der Waals surface area contributed by atoms with Crippen molar-refractivity contribution in [2.75, 3.05) is 6.61 Å². The molecule has 0 aromatic carbocycles. The highest BCUT2D eigenvalue weighted by Crippen LogP contribution is 2.70. The Morgan fingerprint density at radius 1 is 0.971 bits per heavy atom. The van der Waals surface area contributed by atoms with Crippen LogP contribution in [0.1, 0.15) is 96.8 Å². The summed E-state index contributed by atoms with van der Waals surface area (Å²) in [6.07, 6.45) is 16.0. The van der Waals surface area contributed by atoms with E-state index < -0.39 is 22.7 Å². The quantitative estimate of drug-likeness (QED) is 0.413. The van der Waals surface area contributed by atoms with Gasteiger partial charge in [-0.15, -0.1) is 0 Å². The molecule has 194 valence electrons. The summed E-state index contributed by atoms with van der Waals surface area (Å²) in [6.45, 7) is 2.59. The normalized spacial score (nSPS) is 50.4. The van der Waals surface area contributed by atoms with Crippen molar-refractivity contribution in [3.63, 3.8) is 0 Å². The molecule has 6 rings (SSSR count). The van der Waals surface area contributed by atoms with Crippen molar-refractivity contribution >= 4 is 12.2 Å². The van der Waals surface area contributed by atoms with Crippen LogP contribution in [0.5, 0.6) is 0 Å². The van der Waals surface area contributed by atoms with E-state index in [4.69, 9.17) is 9.73 Å². The van der Waals surface area contributed by atoms with E-state index in [1.165, 1.54) is 19.3 Å². The molecule has 0 aromatic heterocycles. The Labute approximate surface area is 209 Å². The maximum Gasteiger partial charge on any atom is 0.331 e. The number of aliphatic hydroxyl groups is 3. The van der Waals surface area contributed by atoms with E-state index in [1.807, 2.05) is 0 Å². The van der Waals surface area contributed by atoms with Gasteiger partial charge in [0.2, 0.25) is 0 Å². The second-order valence-corrected chi connectivity index (χ2v) is 13.1. The average Bonchev–Trinajstić information content (AvgIpc) is 3.38. The van der Waals surface area contributed by atoms with Crippen LogP contribution >= 0.6 is 0 Å². The molecule has 8 atom stereocenters. The van der Waals surface area contributed by atoms with Gasteiger partial charge in [-0.1, -0.05) is 26.2 Å². The first-order valence-electron chi connectivity index (χ1n) is 14.3. The summed E-state index contributed by atoms with van der Waals surface area (Å²) < 4.78 is 5.25. The molecule has 1 heterocycles. The summed E-state index contributed by atoms with van der Waals surface area (Å²) in [5.74, 6) is 0.168. The van der Waals surface area contributed by atoms with E-state index in [0.29, 0.717) is 31.9 Å². The fraction of sp³-hybridized carbons (Fsp3) is 0.862. The van der Waals surface area contributed by atoms with Gasteiger partial charge in [0.05, 0.1) is 17.3 Å². The van der Waals surface area contributed by atoms with Crippen LogP contribution in [0.2, 0.25) is 0 Å². The number of cyclic esters (lactones) is 1. The van der Waals surface area contributed by atoms with Crippen LogP contribution in [0.15, 0.2) is 16.6 Å². The van der Waals surface area contributed by atoms with Gasteiger partial charge in [-0.2, -0.15) is 0 Å². The molecule has 6 aliphatic rings. The minimum atomic E-state index is -0.958. The summed E-state index contributed by atoms with van der Waals surface area (Å²) in [5.41, 5.74) is -1.50. The molecule has 0 spiro atoms. The number of rotatable bonds is 3. The van der Waals surface area contributed by atoms with Crippen LogP contribution in [-0.2, 0) is 9.53 Å². The number of fused-ring (bicyclic) bond motifs is 5. The third-order valence-corrected chi connectivity index (χ3v) is 11.7. The van der Waals surface area contributed by atoms with Gasteiger partial charge in [0.1, 0.15) is 6.61 Å². The molecule has 0 saturated heterocycles. The predicted molar refractivity (Wildman–Crippen MR) is 133 cm³/mol. The molecule has 0 bridgehead atoms. The zero-order valence-electron chi connectivity index (χ0n) is 21.3. The largest absolute Gasteiger partial charge is 0.458 e. The zero-order valence-corrected chi connectivity index (χ0v) is 21.3. The van der Waals surface area contributed by atoms with E-state index in [9.17, 15) is 20.1 Å². The number of carbonyl (C=O) groups is 1. The van der Waals surface area contributed by atoms with E-state index >= 15 is 0 Å². The van der Waals surface area contributed by atoms with Crippen LogP contribution in [0.3, 0.4) is 0 Å². The van der Waals surface area contributed by atoms with Crippen molar-refractivity contribution in [1.82, 2.24) is 0 Å². The average molecular weight is 486 g/mol. The first kappa shape index (κ1) is 24.1. The molecule has 0 radical (unpaired) electrons. The van der Waals surface area contributed by atoms with Crippen molar-refractivity contribution < 1.29 is 24.9 Å². The number of hydrogen-bond acceptors (Lipinski definition) is 6. The lowest BCUT2D eigenvalue weighted by Gasteiger charge is -2.65. The highest BCUT2D eigenvalue weighted by atomic mass is 16.5. The second-order valence-electron chi connectivity index (χ2n) is 13.1. The fourth-order valence-electron chi connectivity index (χ4n) is 9.83. The first-order chi connectivity index (χ1) is 16.7. The Hall–Kier alpha value is -1.24. The highest BCUT2D eigenvalue weighted by Gasteiger charge is 2.71. The Balaban J connectivity index is 1.36. The maximum atomic E-state index is 12.5. The van der Waals surface area contributed by atoms with Crippen molar-refractivity contribution in [1.29, 1.82) is 0 Å². The molecule has 6 heteroatoms. The summed E-state index contributed by atoms with van der Waals surface area (Å²) >= 11 is 0. The maximum absolute atomic E-state index is 12.5. The smallest absolute Gasteiger partial charge is 0.331 e. The Bertz CT molecular complexity index is 926. The summed E-state index contributed by atoms with van der Waals surface area (Å²) in [7, 11) is 0. The molecule has 1 aliphatic heterocycles. The molecule has 5 saturated carbocycles. The van der Waals surface area contributed by atoms with Gasteiger partial charge in [0.15, 0.2) is 0 Å². The lowest BCUT2D eigenvalue weighted by molar-refractivity contribution is -0.237. The number of hydrogen-bond donors (Lipinski definition) is 3. The van der Waals surface area contributed by atoms with Crippen LogP contribution in [0, 0.1) is 28.6 Å². The summed E-state index contributed by atoms with van der Waals surface area (Å²) in [5, 5.41) is 35.2. The van der Waals surface area contributed by atoms with E-state index in [1.54, 1.807) is 6.08 Å². The standard InChI is InChI=1S/C29H43NO5/c1-26-11-8-23-24(29(26,34)14-10-22(26)19-15-25(32)35-17-19)9-13-28(33)16-21(31)7-12-27(23,28)18-30-20-5-3-2-4-6-20/h15,18,20-24,31,33-34H,2-14,16-17H2,1H3/t21?,22?,23-,24+,26+,27-,28?,29?/m0/s1. The number of ether oxygens (including phenoxy) is 1. The highest BCUT2D eigenvalue weighted by molar-refractivity contribution is 5.85. The lowest BCUT2D eigenvalue weighted by Crippen LogP contribution is -2.68. The number of aliphatic imine (C=N–C) groups is 1. The van der Waals surface area contributed by atoms with Gasteiger partial charge in [0, 0.05) is 35.6 Å². The molecule has 35 heavy (non-hydrogen) atoms. The van der Waals surface area contributed by atoms with Gasteiger partial charge in [0.25, 0.3) is 0 Å². The number of nitrogens with zero attached hydrogens (tertiary/aromatic N) is 1. The van der Waals surface area contributed by atoms with Crippen LogP contribution in [0.4, 0.5) is 0 Å². The molecule has 4 unspecified atom stereocenters. The van der Waals surface area contributed by atoms with E-state index in [-0.39, 0.29) is 29.1 Å². The zero-order chi connectivity index (χ0) is 24.5. The number of carbonyl (C=O) groups excluding carboxylic acids is 1. The number of aliphatic hydroxyl groups excluding tert-OH is 1. The van der Waals surface area contributed by atoms with Crippen LogP contribution in [-0.4, -0.2) is 57.5 Å². The molecular formula is C29H43NO5. The SMILES string of the molecule is C[C@]12CC[C@H]3[C@@H](CCC4(O)CC(O)CC[C@]34C=NC3CCCCC3)C1(O)CCC2C1=CC(=O)OC1. The van der Waals surface area contributed by atoms with Gasteiger partial charge in [-0.05, 0) is 87.5 Å². The fourth-order valence-corrected chi connectivity index (χ4v) is 9.83. The molecular weight excluding hydrogens is 442 g/mol. The predicted octanol–water partition coefficient (Wildman–Crippen LogP) is 4.10. The van der Waals surface area contributed by atoms with Gasteiger partial charge < -0.3 is 20.1 Å². The van der Waals surface area contributed by atoms with E-state index in [0.717, 1.165) is 56.9 Å². The van der Waals surface area contributed by atoms with Gasteiger partial charge in [-0.3, -0.25) is 4.99 Å². The lowest BCUT2D eigenvalue weighted by atomic mass is 9.41. The first-order valence-corrected chi connectivity index (χ1v) is 14.3. The summed E-state index contributed by atoms with van der Waals surface area (Å²) in [6, 6.07) is 0.342. The Kier molecular flexibility index (Phi) is 5.78. The molecule has 5 fully saturated rings.